The molecule has 0 spiro atoms. The van der Waals surface area contributed by atoms with Gasteiger partial charge >= 0.3 is 0 Å². The van der Waals surface area contributed by atoms with Crippen LogP contribution in [0.15, 0.2) is 40.6 Å². The van der Waals surface area contributed by atoms with Crippen LogP contribution in [0.4, 0.5) is 0 Å². The van der Waals surface area contributed by atoms with Crippen LogP contribution in [-0.4, -0.2) is 15.8 Å². The van der Waals surface area contributed by atoms with E-state index in [2.05, 4.69) is 11.1 Å². The van der Waals surface area contributed by atoms with Crippen molar-refractivity contribution in [1.82, 2.24) is 9.55 Å². The van der Waals surface area contributed by atoms with E-state index in [9.17, 15) is 4.79 Å². The van der Waals surface area contributed by atoms with Crippen LogP contribution in [0.2, 0.25) is 0 Å². The Hall–Kier alpha value is -2.06. The second kappa shape index (κ2) is 4.85. The highest BCUT2D eigenvalue weighted by molar-refractivity contribution is 7.99. The van der Waals surface area contributed by atoms with Gasteiger partial charge in [0.2, 0.25) is 0 Å². The Morgan fingerprint density at radius 3 is 2.94 bits per heavy atom. The molecule has 5 heteroatoms. The summed E-state index contributed by atoms with van der Waals surface area (Å²) in [7, 11) is 1.89. The molecule has 1 heterocycles. The first kappa shape index (κ1) is 11.4. The van der Waals surface area contributed by atoms with Gasteiger partial charge in [0.15, 0.2) is 5.16 Å². The number of imidazole rings is 1. The highest BCUT2D eigenvalue weighted by Gasteiger charge is 2.08. The van der Waals surface area contributed by atoms with Gasteiger partial charge in [-0.25, -0.2) is 4.98 Å². The number of aldehydes is 1. The molecule has 0 radical (unpaired) electrons. The van der Waals surface area contributed by atoms with Gasteiger partial charge in [0.1, 0.15) is 12.4 Å². The van der Waals surface area contributed by atoms with Gasteiger partial charge in [0.25, 0.3) is 0 Å². The molecule has 0 aliphatic heterocycles. The third-order valence-electron chi connectivity index (χ3n) is 2.24. The summed E-state index contributed by atoms with van der Waals surface area (Å²) in [5, 5.41) is 9.84. The minimum atomic E-state index is 0.489. The first-order valence-electron chi connectivity index (χ1n) is 4.89. The number of carbonyl (C=O) groups excluding carboxylic acids is 1. The first-order chi connectivity index (χ1) is 8.24. The van der Waals surface area contributed by atoms with E-state index in [0.717, 1.165) is 16.3 Å². The normalized spacial score (nSPS) is 9.88. The van der Waals surface area contributed by atoms with Crippen LogP contribution in [0, 0.1) is 11.3 Å². The molecule has 0 unspecified atom stereocenters. The number of hydrogen-bond donors (Lipinski definition) is 0. The van der Waals surface area contributed by atoms with Crippen LogP contribution in [0.25, 0.3) is 0 Å². The van der Waals surface area contributed by atoms with Crippen molar-refractivity contribution in [2.45, 2.75) is 10.1 Å². The standard InChI is InChI=1S/C12H9N3OS/c1-15-5-4-14-12(15)17-11-3-2-9(8-16)6-10(11)7-13/h2-6,8H,1H3. The molecule has 0 fully saturated rings. The first-order valence-corrected chi connectivity index (χ1v) is 5.70. The Balaban J connectivity index is 2.37. The van der Waals surface area contributed by atoms with E-state index < -0.39 is 0 Å². The van der Waals surface area contributed by atoms with E-state index in [-0.39, 0.29) is 0 Å². The van der Waals surface area contributed by atoms with Gasteiger partial charge in [0.05, 0.1) is 5.56 Å². The van der Waals surface area contributed by atoms with Crippen molar-refractivity contribution in [3.05, 3.63) is 41.7 Å². The Morgan fingerprint density at radius 1 is 1.53 bits per heavy atom. The molecular formula is C12H9N3OS. The number of rotatable bonds is 3. The lowest BCUT2D eigenvalue weighted by atomic mass is 10.1. The van der Waals surface area contributed by atoms with E-state index in [0.29, 0.717) is 11.1 Å². The quantitative estimate of drug-likeness (QED) is 0.776. The van der Waals surface area contributed by atoms with Crippen molar-refractivity contribution < 1.29 is 4.79 Å². The Labute approximate surface area is 103 Å². The second-order valence-electron chi connectivity index (χ2n) is 3.41. The van der Waals surface area contributed by atoms with Gasteiger partial charge in [-0.15, -0.1) is 0 Å². The summed E-state index contributed by atoms with van der Waals surface area (Å²) in [4.78, 5) is 15.6. The van der Waals surface area contributed by atoms with Crippen LogP contribution in [0.1, 0.15) is 15.9 Å². The fourth-order valence-corrected chi connectivity index (χ4v) is 2.21. The third-order valence-corrected chi connectivity index (χ3v) is 3.39. The average Bonchev–Trinajstić information content (AvgIpc) is 2.75. The van der Waals surface area contributed by atoms with E-state index in [1.807, 2.05) is 17.8 Å². The molecule has 0 saturated heterocycles. The molecule has 4 nitrogen and oxygen atoms in total. The number of carbonyl (C=O) groups is 1. The number of benzene rings is 1. The zero-order valence-electron chi connectivity index (χ0n) is 9.12. The third kappa shape index (κ3) is 2.37. The van der Waals surface area contributed by atoms with Crippen molar-refractivity contribution in [2.24, 2.45) is 7.05 Å². The van der Waals surface area contributed by atoms with Gasteiger partial charge in [-0.3, -0.25) is 4.79 Å². The summed E-state index contributed by atoms with van der Waals surface area (Å²) in [6, 6.07) is 7.13. The molecule has 0 bridgehead atoms. The summed E-state index contributed by atoms with van der Waals surface area (Å²) >= 11 is 1.40. The molecule has 0 aliphatic rings. The largest absolute Gasteiger partial charge is 0.329 e. The molecule has 17 heavy (non-hydrogen) atoms. The van der Waals surface area contributed by atoms with Crippen LogP contribution in [0.5, 0.6) is 0 Å². The highest BCUT2D eigenvalue weighted by Crippen LogP contribution is 2.28. The molecule has 2 rings (SSSR count). The summed E-state index contributed by atoms with van der Waals surface area (Å²) < 4.78 is 1.87. The lowest BCUT2D eigenvalue weighted by Crippen LogP contribution is -1.91. The van der Waals surface area contributed by atoms with E-state index in [1.165, 1.54) is 11.8 Å². The fraction of sp³-hybridized carbons (Fsp3) is 0.0833. The molecule has 2 aromatic rings. The minimum Gasteiger partial charge on any atom is -0.329 e. The van der Waals surface area contributed by atoms with Crippen LogP contribution >= 0.6 is 11.8 Å². The smallest absolute Gasteiger partial charge is 0.172 e. The maximum Gasteiger partial charge on any atom is 0.172 e. The molecule has 0 saturated carbocycles. The van der Waals surface area contributed by atoms with Gasteiger partial charge in [-0.1, -0.05) is 17.8 Å². The zero-order valence-corrected chi connectivity index (χ0v) is 9.94. The molecule has 0 N–H and O–H groups in total. The molecular weight excluding hydrogens is 234 g/mol. The number of aryl methyl sites for hydroxylation is 1. The molecule has 0 atom stereocenters. The van der Waals surface area contributed by atoms with E-state index in [4.69, 9.17) is 5.26 Å². The van der Waals surface area contributed by atoms with Gasteiger partial charge in [-0.2, -0.15) is 5.26 Å². The van der Waals surface area contributed by atoms with Crippen molar-refractivity contribution in [3.8, 4) is 6.07 Å². The zero-order chi connectivity index (χ0) is 12.3. The van der Waals surface area contributed by atoms with Gasteiger partial charge < -0.3 is 4.57 Å². The summed E-state index contributed by atoms with van der Waals surface area (Å²) in [6.07, 6.45) is 4.28. The summed E-state index contributed by atoms with van der Waals surface area (Å²) in [6.45, 7) is 0. The van der Waals surface area contributed by atoms with E-state index >= 15 is 0 Å². The van der Waals surface area contributed by atoms with Crippen LogP contribution in [-0.2, 0) is 7.05 Å². The molecule has 0 aliphatic carbocycles. The summed E-state index contributed by atoms with van der Waals surface area (Å²) in [5.41, 5.74) is 0.994. The highest BCUT2D eigenvalue weighted by atomic mass is 32.2. The predicted molar refractivity (Wildman–Crippen MR) is 63.9 cm³/mol. The van der Waals surface area contributed by atoms with Gasteiger partial charge in [-0.05, 0) is 12.1 Å². The Morgan fingerprint density at radius 2 is 2.35 bits per heavy atom. The number of aromatic nitrogens is 2. The fourth-order valence-electron chi connectivity index (χ4n) is 1.35. The van der Waals surface area contributed by atoms with Crippen molar-refractivity contribution in [3.63, 3.8) is 0 Å². The van der Waals surface area contributed by atoms with E-state index in [1.54, 1.807) is 24.4 Å². The van der Waals surface area contributed by atoms with Crippen molar-refractivity contribution >= 4 is 18.0 Å². The Bertz CT molecular complexity index is 598. The molecule has 1 aromatic heterocycles. The average molecular weight is 243 g/mol. The van der Waals surface area contributed by atoms with Crippen molar-refractivity contribution in [2.75, 3.05) is 0 Å². The maximum atomic E-state index is 10.6. The van der Waals surface area contributed by atoms with Crippen LogP contribution in [0.3, 0.4) is 0 Å². The molecule has 84 valence electrons. The number of nitriles is 1. The lowest BCUT2D eigenvalue weighted by molar-refractivity contribution is 0.112. The van der Waals surface area contributed by atoms with Gasteiger partial charge in [0, 0.05) is 29.9 Å². The second-order valence-corrected chi connectivity index (χ2v) is 4.42. The lowest BCUT2D eigenvalue weighted by Gasteiger charge is -2.04. The van der Waals surface area contributed by atoms with Crippen molar-refractivity contribution in [1.29, 1.82) is 5.26 Å². The molecule has 0 amide bonds. The number of hydrogen-bond acceptors (Lipinski definition) is 4. The minimum absolute atomic E-state index is 0.489. The monoisotopic (exact) mass is 243 g/mol. The topological polar surface area (TPSA) is 58.7 Å². The SMILES string of the molecule is Cn1ccnc1Sc1ccc(C=O)cc1C#N. The Kier molecular flexibility index (Phi) is 3.26. The maximum absolute atomic E-state index is 10.6. The van der Waals surface area contributed by atoms with Crippen LogP contribution < -0.4 is 0 Å². The predicted octanol–water partition coefficient (Wildman–Crippen LogP) is 2.26. The molecule has 1 aromatic carbocycles. The number of nitrogens with zero attached hydrogens (tertiary/aromatic N) is 3. The summed E-state index contributed by atoms with van der Waals surface area (Å²) in [5.74, 6) is 0.